The molecule has 122 valence electrons. The maximum Gasteiger partial charge on any atom is 0.410 e. The normalized spacial score (nSPS) is 20.4. The zero-order chi connectivity index (χ0) is 16.2. The van der Waals surface area contributed by atoms with Crippen molar-refractivity contribution in [2.75, 3.05) is 6.54 Å². The van der Waals surface area contributed by atoms with Gasteiger partial charge in [0.2, 0.25) is 0 Å². The summed E-state index contributed by atoms with van der Waals surface area (Å²) in [6, 6.07) is 3.75. The van der Waals surface area contributed by atoms with E-state index in [2.05, 4.69) is 4.98 Å². The molecule has 2 unspecified atom stereocenters. The molecule has 1 amide bonds. The van der Waals surface area contributed by atoms with Crippen LogP contribution in [0.3, 0.4) is 0 Å². The zero-order valence-corrected chi connectivity index (χ0v) is 13.9. The standard InChI is InChI=1S/C17H26N2O3/c1-13(21-14-8-7-10-18-12-14)15-9-5-6-11-19(15)16(20)22-17(2,3)4/h7-8,10,12-13,15H,5-6,9,11H2,1-4H3. The smallest absolute Gasteiger partial charge is 0.410 e. The van der Waals surface area contributed by atoms with E-state index in [4.69, 9.17) is 9.47 Å². The molecule has 0 N–H and O–H groups in total. The summed E-state index contributed by atoms with van der Waals surface area (Å²) in [5.41, 5.74) is -0.480. The lowest BCUT2D eigenvalue weighted by molar-refractivity contribution is -0.00811. The van der Waals surface area contributed by atoms with Gasteiger partial charge in [0.05, 0.1) is 12.2 Å². The van der Waals surface area contributed by atoms with Crippen molar-refractivity contribution in [3.8, 4) is 5.75 Å². The first kappa shape index (κ1) is 16.6. The van der Waals surface area contributed by atoms with Gasteiger partial charge in [0.1, 0.15) is 17.5 Å². The van der Waals surface area contributed by atoms with E-state index in [0.29, 0.717) is 0 Å². The third-order valence-electron chi connectivity index (χ3n) is 3.68. The highest BCUT2D eigenvalue weighted by Gasteiger charge is 2.34. The van der Waals surface area contributed by atoms with Crippen molar-refractivity contribution >= 4 is 6.09 Å². The largest absolute Gasteiger partial charge is 0.487 e. The Balaban J connectivity index is 2.04. The molecule has 1 aromatic rings. The van der Waals surface area contributed by atoms with Gasteiger partial charge in [0.25, 0.3) is 0 Å². The van der Waals surface area contributed by atoms with Gasteiger partial charge >= 0.3 is 6.09 Å². The molecule has 1 saturated heterocycles. The molecule has 1 aliphatic heterocycles. The lowest BCUT2D eigenvalue weighted by atomic mass is 9.98. The van der Waals surface area contributed by atoms with Gasteiger partial charge in [-0.2, -0.15) is 0 Å². The number of aromatic nitrogens is 1. The van der Waals surface area contributed by atoms with Crippen LogP contribution in [0.15, 0.2) is 24.5 Å². The summed E-state index contributed by atoms with van der Waals surface area (Å²) in [7, 11) is 0. The second-order valence-electron chi connectivity index (χ2n) is 6.75. The van der Waals surface area contributed by atoms with E-state index in [0.717, 1.165) is 31.6 Å². The van der Waals surface area contributed by atoms with Crippen LogP contribution in [0.1, 0.15) is 47.0 Å². The molecule has 22 heavy (non-hydrogen) atoms. The molecule has 0 spiro atoms. The summed E-state index contributed by atoms with van der Waals surface area (Å²) in [5.74, 6) is 0.727. The van der Waals surface area contributed by atoms with E-state index < -0.39 is 5.60 Å². The Morgan fingerprint density at radius 2 is 2.18 bits per heavy atom. The molecule has 5 nitrogen and oxygen atoms in total. The van der Waals surface area contributed by atoms with E-state index >= 15 is 0 Å². The van der Waals surface area contributed by atoms with Gasteiger partial charge in [0, 0.05) is 12.7 Å². The number of nitrogens with zero attached hydrogens (tertiary/aromatic N) is 2. The Morgan fingerprint density at radius 3 is 2.82 bits per heavy atom. The van der Waals surface area contributed by atoms with Crippen molar-refractivity contribution in [1.82, 2.24) is 9.88 Å². The van der Waals surface area contributed by atoms with Gasteiger partial charge in [0.15, 0.2) is 0 Å². The molecule has 1 aromatic heterocycles. The predicted octanol–water partition coefficient (Wildman–Crippen LogP) is 3.64. The molecule has 0 aliphatic carbocycles. The van der Waals surface area contributed by atoms with Crippen LogP contribution in [0.2, 0.25) is 0 Å². The van der Waals surface area contributed by atoms with Gasteiger partial charge < -0.3 is 14.4 Å². The Kier molecular flexibility index (Phi) is 5.27. The highest BCUT2D eigenvalue weighted by atomic mass is 16.6. The maximum absolute atomic E-state index is 12.4. The van der Waals surface area contributed by atoms with Crippen LogP contribution in [0.5, 0.6) is 5.75 Å². The summed E-state index contributed by atoms with van der Waals surface area (Å²) < 4.78 is 11.5. The number of hydrogen-bond donors (Lipinski definition) is 0. The Bertz CT molecular complexity index is 484. The highest BCUT2D eigenvalue weighted by Crippen LogP contribution is 2.25. The number of carbonyl (C=O) groups excluding carboxylic acids is 1. The van der Waals surface area contributed by atoms with Gasteiger partial charge in [-0.25, -0.2) is 4.79 Å². The summed E-state index contributed by atoms with van der Waals surface area (Å²) in [5, 5.41) is 0. The molecule has 1 fully saturated rings. The molecule has 0 bridgehead atoms. The highest BCUT2D eigenvalue weighted by molar-refractivity contribution is 5.68. The van der Waals surface area contributed by atoms with Crippen LogP contribution >= 0.6 is 0 Å². The van der Waals surface area contributed by atoms with E-state index in [-0.39, 0.29) is 18.2 Å². The van der Waals surface area contributed by atoms with Crippen LogP contribution in [-0.2, 0) is 4.74 Å². The molecule has 2 atom stereocenters. The van der Waals surface area contributed by atoms with E-state index in [1.54, 1.807) is 12.4 Å². The number of amides is 1. The van der Waals surface area contributed by atoms with Gasteiger partial charge in [-0.15, -0.1) is 0 Å². The summed E-state index contributed by atoms with van der Waals surface area (Å²) in [4.78, 5) is 18.3. The first-order valence-electron chi connectivity index (χ1n) is 7.93. The summed E-state index contributed by atoms with van der Waals surface area (Å²) >= 11 is 0. The number of ether oxygens (including phenoxy) is 2. The van der Waals surface area contributed by atoms with Crippen molar-refractivity contribution < 1.29 is 14.3 Å². The van der Waals surface area contributed by atoms with Crippen molar-refractivity contribution in [2.24, 2.45) is 0 Å². The number of likely N-dealkylation sites (tertiary alicyclic amines) is 1. The SMILES string of the molecule is CC(Oc1cccnc1)C1CCCCN1C(=O)OC(C)(C)C. The maximum atomic E-state index is 12.4. The Hall–Kier alpha value is -1.78. The molecule has 0 saturated carbocycles. The minimum absolute atomic E-state index is 0.0313. The van der Waals surface area contributed by atoms with Crippen LogP contribution in [0.25, 0.3) is 0 Å². The first-order valence-corrected chi connectivity index (χ1v) is 7.93. The predicted molar refractivity (Wildman–Crippen MR) is 84.9 cm³/mol. The Labute approximate surface area is 132 Å². The van der Waals surface area contributed by atoms with Crippen molar-refractivity contribution in [2.45, 2.75) is 64.7 Å². The molecule has 5 heteroatoms. The molecular formula is C17H26N2O3. The molecular weight excluding hydrogens is 280 g/mol. The fourth-order valence-corrected chi connectivity index (χ4v) is 2.70. The van der Waals surface area contributed by atoms with Crippen molar-refractivity contribution in [3.63, 3.8) is 0 Å². The second kappa shape index (κ2) is 6.99. The van der Waals surface area contributed by atoms with Gasteiger partial charge in [-0.1, -0.05) is 0 Å². The molecule has 0 aromatic carbocycles. The van der Waals surface area contributed by atoms with Gasteiger partial charge in [-0.05, 0) is 59.1 Å². The number of piperidine rings is 1. The second-order valence-corrected chi connectivity index (χ2v) is 6.75. The number of hydrogen-bond acceptors (Lipinski definition) is 4. The third-order valence-corrected chi connectivity index (χ3v) is 3.68. The minimum atomic E-state index is -0.480. The number of carbonyl (C=O) groups is 1. The lowest BCUT2D eigenvalue weighted by Crippen LogP contribution is -2.51. The number of pyridine rings is 1. The molecule has 2 heterocycles. The van der Waals surface area contributed by atoms with Crippen molar-refractivity contribution in [3.05, 3.63) is 24.5 Å². The summed E-state index contributed by atoms with van der Waals surface area (Å²) in [6.07, 6.45) is 6.10. The van der Waals surface area contributed by atoms with Crippen LogP contribution in [0, 0.1) is 0 Å². The van der Waals surface area contributed by atoms with Crippen LogP contribution in [-0.4, -0.2) is 40.3 Å². The lowest BCUT2D eigenvalue weighted by Gasteiger charge is -2.39. The summed E-state index contributed by atoms with van der Waals surface area (Å²) in [6.45, 7) is 8.39. The average Bonchev–Trinajstić information content (AvgIpc) is 2.46. The number of rotatable bonds is 3. The van der Waals surface area contributed by atoms with Crippen LogP contribution < -0.4 is 4.74 Å². The quantitative estimate of drug-likeness (QED) is 0.855. The first-order chi connectivity index (χ1) is 10.4. The molecule has 2 rings (SSSR count). The van der Waals surface area contributed by atoms with E-state index in [1.807, 2.05) is 44.7 Å². The fourth-order valence-electron chi connectivity index (χ4n) is 2.70. The minimum Gasteiger partial charge on any atom is -0.487 e. The fraction of sp³-hybridized carbons (Fsp3) is 0.647. The van der Waals surface area contributed by atoms with Crippen LogP contribution in [0.4, 0.5) is 4.79 Å². The molecule has 1 aliphatic rings. The van der Waals surface area contributed by atoms with E-state index in [9.17, 15) is 4.79 Å². The van der Waals surface area contributed by atoms with E-state index in [1.165, 1.54) is 0 Å². The topological polar surface area (TPSA) is 51.7 Å². The third kappa shape index (κ3) is 4.61. The van der Waals surface area contributed by atoms with Crippen molar-refractivity contribution in [1.29, 1.82) is 0 Å². The molecule has 0 radical (unpaired) electrons. The average molecular weight is 306 g/mol. The Morgan fingerprint density at radius 1 is 1.41 bits per heavy atom. The zero-order valence-electron chi connectivity index (χ0n) is 13.9. The van der Waals surface area contributed by atoms with Gasteiger partial charge in [-0.3, -0.25) is 4.98 Å². The monoisotopic (exact) mass is 306 g/mol.